The van der Waals surface area contributed by atoms with Crippen LogP contribution in [0.1, 0.15) is 11.1 Å². The van der Waals surface area contributed by atoms with Crippen LogP contribution in [0.5, 0.6) is 11.6 Å². The Balaban J connectivity index is 1.50. The summed E-state index contributed by atoms with van der Waals surface area (Å²) in [5.74, 6) is 0.537. The molecule has 0 radical (unpaired) electrons. The van der Waals surface area contributed by atoms with Gasteiger partial charge in [0.1, 0.15) is 11.6 Å². The molecule has 26 heavy (non-hydrogen) atoms. The van der Waals surface area contributed by atoms with Crippen molar-refractivity contribution in [1.82, 2.24) is 10.3 Å². The van der Waals surface area contributed by atoms with Gasteiger partial charge in [-0.15, -0.1) is 0 Å². The van der Waals surface area contributed by atoms with Crippen LogP contribution in [0.2, 0.25) is 0 Å². The summed E-state index contributed by atoms with van der Waals surface area (Å²) in [4.78, 5) is 16.2. The maximum absolute atomic E-state index is 12.9. The molecule has 1 N–H and O–H groups in total. The van der Waals surface area contributed by atoms with E-state index in [4.69, 9.17) is 4.74 Å². The second-order valence-corrected chi connectivity index (χ2v) is 6.56. The molecule has 2 aromatic carbocycles. The van der Waals surface area contributed by atoms with Crippen molar-refractivity contribution in [2.24, 2.45) is 0 Å². The Morgan fingerprint density at radius 2 is 1.69 bits per heavy atom. The Morgan fingerprint density at radius 1 is 1.00 bits per heavy atom. The van der Waals surface area contributed by atoms with Gasteiger partial charge < -0.3 is 10.1 Å². The minimum atomic E-state index is -0.320. The summed E-state index contributed by atoms with van der Waals surface area (Å²) in [5.41, 5.74) is 1.81. The van der Waals surface area contributed by atoms with Gasteiger partial charge in [0.05, 0.1) is 6.42 Å². The van der Waals surface area contributed by atoms with Crippen LogP contribution >= 0.6 is 15.9 Å². The first-order valence-electron chi connectivity index (χ1n) is 7.98. The van der Waals surface area contributed by atoms with Gasteiger partial charge in [0.15, 0.2) is 0 Å². The molecule has 1 amide bonds. The van der Waals surface area contributed by atoms with Crippen molar-refractivity contribution in [3.63, 3.8) is 0 Å². The van der Waals surface area contributed by atoms with Crippen LogP contribution in [0.15, 0.2) is 71.3 Å². The van der Waals surface area contributed by atoms with Gasteiger partial charge in [-0.05, 0) is 47.5 Å². The van der Waals surface area contributed by atoms with E-state index in [1.54, 1.807) is 12.3 Å². The molecule has 0 aliphatic carbocycles. The summed E-state index contributed by atoms with van der Waals surface area (Å²) in [6.07, 6.45) is 1.96. The van der Waals surface area contributed by atoms with Crippen molar-refractivity contribution in [3.05, 3.63) is 88.3 Å². The predicted octanol–water partition coefficient (Wildman–Crippen LogP) is 4.63. The molecule has 3 aromatic rings. The molecule has 1 heterocycles. The van der Waals surface area contributed by atoms with Crippen LogP contribution in [0, 0.1) is 5.82 Å². The summed E-state index contributed by atoms with van der Waals surface area (Å²) >= 11 is 3.37. The summed E-state index contributed by atoms with van der Waals surface area (Å²) in [6.45, 7) is 0.388. The molecule has 0 spiro atoms. The van der Waals surface area contributed by atoms with Gasteiger partial charge in [-0.2, -0.15) is 0 Å². The number of hydrogen-bond donors (Lipinski definition) is 1. The Bertz CT molecular complexity index is 866. The molecule has 6 heteroatoms. The molecule has 0 aliphatic rings. The van der Waals surface area contributed by atoms with Gasteiger partial charge in [0.2, 0.25) is 11.8 Å². The molecule has 1 aromatic heterocycles. The number of pyridine rings is 1. The topological polar surface area (TPSA) is 51.2 Å². The van der Waals surface area contributed by atoms with E-state index in [-0.39, 0.29) is 11.7 Å². The van der Waals surface area contributed by atoms with E-state index in [0.29, 0.717) is 24.6 Å². The second-order valence-electron chi connectivity index (χ2n) is 5.64. The predicted molar refractivity (Wildman–Crippen MR) is 100 cm³/mol. The fraction of sp³-hybridized carbons (Fsp3) is 0.100. The third-order valence-corrected chi connectivity index (χ3v) is 4.13. The van der Waals surface area contributed by atoms with E-state index in [1.165, 1.54) is 24.3 Å². The molecule has 4 nitrogen and oxygen atoms in total. The van der Waals surface area contributed by atoms with Crippen LogP contribution < -0.4 is 10.1 Å². The number of halogens is 2. The Labute approximate surface area is 159 Å². The lowest BCUT2D eigenvalue weighted by Crippen LogP contribution is -2.24. The maximum Gasteiger partial charge on any atom is 0.224 e. The lowest BCUT2D eigenvalue weighted by molar-refractivity contribution is -0.120. The number of carbonyl (C=O) groups is 1. The molecule has 0 unspecified atom stereocenters. The molecule has 0 atom stereocenters. The highest BCUT2D eigenvalue weighted by molar-refractivity contribution is 9.10. The average Bonchev–Trinajstić information content (AvgIpc) is 2.65. The maximum atomic E-state index is 12.9. The van der Waals surface area contributed by atoms with Crippen LogP contribution in [0.25, 0.3) is 0 Å². The van der Waals surface area contributed by atoms with E-state index in [1.807, 2.05) is 30.3 Å². The fourth-order valence-corrected chi connectivity index (χ4v) is 2.51. The number of aromatic nitrogens is 1. The second kappa shape index (κ2) is 8.58. The number of benzene rings is 2. The third-order valence-electron chi connectivity index (χ3n) is 3.60. The van der Waals surface area contributed by atoms with Gasteiger partial charge in [-0.1, -0.05) is 34.1 Å². The van der Waals surface area contributed by atoms with Crippen LogP contribution in [-0.4, -0.2) is 10.9 Å². The number of carbonyl (C=O) groups excluding carboxylic acids is 1. The standard InChI is InChI=1S/C20H16BrFN2O2/c21-16-4-1-14(2-5-16)11-19(25)23-12-15-3-10-20(24-13-15)26-18-8-6-17(22)7-9-18/h1-10,13H,11-12H2,(H,23,25). The van der Waals surface area contributed by atoms with Crippen molar-refractivity contribution < 1.29 is 13.9 Å². The van der Waals surface area contributed by atoms with Crippen molar-refractivity contribution in [3.8, 4) is 11.6 Å². The molecular formula is C20H16BrFN2O2. The van der Waals surface area contributed by atoms with E-state index in [0.717, 1.165) is 15.6 Å². The highest BCUT2D eigenvalue weighted by Crippen LogP contribution is 2.19. The van der Waals surface area contributed by atoms with Gasteiger partial charge in [-0.3, -0.25) is 4.79 Å². The summed E-state index contributed by atoms with van der Waals surface area (Å²) in [7, 11) is 0. The van der Waals surface area contributed by atoms with Crippen molar-refractivity contribution in [1.29, 1.82) is 0 Å². The van der Waals surface area contributed by atoms with Crippen molar-refractivity contribution >= 4 is 21.8 Å². The number of ether oxygens (including phenoxy) is 1. The van der Waals surface area contributed by atoms with Gasteiger partial charge in [0, 0.05) is 23.3 Å². The number of nitrogens with zero attached hydrogens (tertiary/aromatic N) is 1. The van der Waals surface area contributed by atoms with Crippen molar-refractivity contribution in [2.45, 2.75) is 13.0 Å². The molecule has 0 fully saturated rings. The van der Waals surface area contributed by atoms with Gasteiger partial charge in [0.25, 0.3) is 0 Å². The number of hydrogen-bond acceptors (Lipinski definition) is 3. The first kappa shape index (κ1) is 18.1. The SMILES string of the molecule is O=C(Cc1ccc(Br)cc1)NCc1ccc(Oc2ccc(F)cc2)nc1. The molecule has 0 saturated heterocycles. The molecule has 0 bridgehead atoms. The Kier molecular flexibility index (Phi) is 5.96. The fourth-order valence-electron chi connectivity index (χ4n) is 2.25. The zero-order valence-corrected chi connectivity index (χ0v) is 15.4. The zero-order chi connectivity index (χ0) is 18.4. The molecule has 0 saturated carbocycles. The highest BCUT2D eigenvalue weighted by Gasteiger charge is 2.05. The summed E-state index contributed by atoms with van der Waals surface area (Å²) in [6, 6.07) is 16.9. The third kappa shape index (κ3) is 5.39. The van der Waals surface area contributed by atoms with Crippen LogP contribution in [0.4, 0.5) is 4.39 Å². The average molecular weight is 415 g/mol. The Hall–Kier alpha value is -2.73. The first-order chi connectivity index (χ1) is 12.6. The number of rotatable bonds is 6. The van der Waals surface area contributed by atoms with Gasteiger partial charge in [-0.25, -0.2) is 9.37 Å². The van der Waals surface area contributed by atoms with E-state index in [2.05, 4.69) is 26.2 Å². The van der Waals surface area contributed by atoms with Crippen LogP contribution in [0.3, 0.4) is 0 Å². The van der Waals surface area contributed by atoms with E-state index in [9.17, 15) is 9.18 Å². The lowest BCUT2D eigenvalue weighted by Gasteiger charge is -2.07. The zero-order valence-electron chi connectivity index (χ0n) is 13.8. The van der Waals surface area contributed by atoms with Gasteiger partial charge >= 0.3 is 0 Å². The molecule has 3 rings (SSSR count). The monoisotopic (exact) mass is 414 g/mol. The minimum Gasteiger partial charge on any atom is -0.439 e. The number of nitrogens with one attached hydrogen (secondary N) is 1. The molecule has 0 aliphatic heterocycles. The molecular weight excluding hydrogens is 399 g/mol. The Morgan fingerprint density at radius 3 is 2.35 bits per heavy atom. The smallest absolute Gasteiger partial charge is 0.224 e. The largest absolute Gasteiger partial charge is 0.439 e. The molecule has 132 valence electrons. The minimum absolute atomic E-state index is 0.0565. The van der Waals surface area contributed by atoms with E-state index < -0.39 is 0 Å². The van der Waals surface area contributed by atoms with Crippen LogP contribution in [-0.2, 0) is 17.8 Å². The number of amides is 1. The highest BCUT2D eigenvalue weighted by atomic mass is 79.9. The normalized spacial score (nSPS) is 10.4. The first-order valence-corrected chi connectivity index (χ1v) is 8.77. The van der Waals surface area contributed by atoms with E-state index >= 15 is 0 Å². The quantitative estimate of drug-likeness (QED) is 0.639. The summed E-state index contributed by atoms with van der Waals surface area (Å²) < 4.78 is 19.4. The van der Waals surface area contributed by atoms with Crippen molar-refractivity contribution in [2.75, 3.05) is 0 Å². The summed E-state index contributed by atoms with van der Waals surface area (Å²) in [5, 5.41) is 2.86. The lowest BCUT2D eigenvalue weighted by atomic mass is 10.1.